The first kappa shape index (κ1) is 8.52. The zero-order valence-electron chi connectivity index (χ0n) is 6.88. The molecule has 1 aromatic heterocycles. The van der Waals surface area contributed by atoms with E-state index in [1.165, 1.54) is 13.2 Å². The molecule has 0 spiro atoms. The lowest BCUT2D eigenvalue weighted by Crippen LogP contribution is -2.19. The summed E-state index contributed by atoms with van der Waals surface area (Å²) in [6.07, 6.45) is 1.23. The van der Waals surface area contributed by atoms with Crippen LogP contribution < -0.4 is 11.2 Å². The van der Waals surface area contributed by atoms with Crippen LogP contribution >= 0.6 is 0 Å². The third-order valence-corrected chi connectivity index (χ3v) is 1.62. The average Bonchev–Trinajstić information content (AvgIpc) is 2.00. The Labute approximate surface area is 69.0 Å². The van der Waals surface area contributed by atoms with Crippen LogP contribution in [0.4, 0.5) is 0 Å². The molecule has 4 heteroatoms. The van der Waals surface area contributed by atoms with E-state index in [2.05, 4.69) is 0 Å². The molecular formula is C8H9NO3. The van der Waals surface area contributed by atoms with Gasteiger partial charge in [-0.25, -0.2) is 0 Å². The van der Waals surface area contributed by atoms with Crippen molar-refractivity contribution in [3.8, 4) is 0 Å². The van der Waals surface area contributed by atoms with Crippen LogP contribution in [0, 0.1) is 13.8 Å². The van der Waals surface area contributed by atoms with Crippen LogP contribution in [-0.4, -0.2) is 5.91 Å². The van der Waals surface area contributed by atoms with E-state index in [0.29, 0.717) is 5.56 Å². The van der Waals surface area contributed by atoms with E-state index in [0.717, 1.165) is 0 Å². The van der Waals surface area contributed by atoms with Crippen LogP contribution in [0.15, 0.2) is 15.5 Å². The van der Waals surface area contributed by atoms with E-state index in [-0.39, 0.29) is 16.8 Å². The lowest BCUT2D eigenvalue weighted by Gasteiger charge is -1.99. The first-order chi connectivity index (χ1) is 5.54. The highest BCUT2D eigenvalue weighted by atomic mass is 16.3. The van der Waals surface area contributed by atoms with Gasteiger partial charge in [0, 0.05) is 11.1 Å². The van der Waals surface area contributed by atoms with Gasteiger partial charge in [0.1, 0.15) is 0 Å². The van der Waals surface area contributed by atoms with E-state index < -0.39 is 5.91 Å². The fraction of sp³-hybridized carbons (Fsp3) is 0.250. The highest BCUT2D eigenvalue weighted by Crippen LogP contribution is 2.02. The number of amides is 1. The van der Waals surface area contributed by atoms with Crippen molar-refractivity contribution in [3.05, 3.63) is 33.4 Å². The second-order valence-electron chi connectivity index (χ2n) is 2.57. The van der Waals surface area contributed by atoms with Gasteiger partial charge in [-0.05, 0) is 13.8 Å². The molecular weight excluding hydrogens is 158 g/mol. The zero-order chi connectivity index (χ0) is 9.30. The minimum Gasteiger partial charge on any atom is -0.458 e. The van der Waals surface area contributed by atoms with Gasteiger partial charge in [0.25, 0.3) is 5.91 Å². The third kappa shape index (κ3) is 1.23. The molecule has 64 valence electrons. The van der Waals surface area contributed by atoms with Crippen molar-refractivity contribution in [2.75, 3.05) is 0 Å². The number of aryl methyl sites for hydroxylation is 1. The average molecular weight is 167 g/mol. The van der Waals surface area contributed by atoms with E-state index in [9.17, 15) is 9.59 Å². The summed E-state index contributed by atoms with van der Waals surface area (Å²) in [6.45, 7) is 3.13. The molecule has 0 saturated carbocycles. The molecule has 0 aliphatic heterocycles. The maximum Gasteiger partial charge on any atom is 0.284 e. The predicted molar refractivity (Wildman–Crippen MR) is 43.0 cm³/mol. The van der Waals surface area contributed by atoms with Crippen molar-refractivity contribution in [2.45, 2.75) is 13.8 Å². The first-order valence-corrected chi connectivity index (χ1v) is 3.43. The summed E-state index contributed by atoms with van der Waals surface area (Å²) in [5, 5.41) is 0. The zero-order valence-corrected chi connectivity index (χ0v) is 6.88. The topological polar surface area (TPSA) is 73.3 Å². The Morgan fingerprint density at radius 1 is 1.50 bits per heavy atom. The molecule has 1 amide bonds. The summed E-state index contributed by atoms with van der Waals surface area (Å²) < 4.78 is 4.86. The number of rotatable bonds is 1. The molecule has 12 heavy (non-hydrogen) atoms. The summed E-state index contributed by atoms with van der Waals surface area (Å²) in [5.41, 5.74) is 5.50. The van der Waals surface area contributed by atoms with E-state index >= 15 is 0 Å². The quantitative estimate of drug-likeness (QED) is 0.656. The number of carbonyl (C=O) groups excluding carboxylic acids is 1. The number of nitrogens with two attached hydrogens (primary N) is 1. The monoisotopic (exact) mass is 167 g/mol. The summed E-state index contributed by atoms with van der Waals surface area (Å²) in [4.78, 5) is 21.9. The second-order valence-corrected chi connectivity index (χ2v) is 2.57. The van der Waals surface area contributed by atoms with Gasteiger partial charge < -0.3 is 10.2 Å². The Bertz CT molecular complexity index is 378. The highest BCUT2D eigenvalue weighted by Gasteiger charge is 2.11. The highest BCUT2D eigenvalue weighted by molar-refractivity contribution is 5.91. The Balaban J connectivity index is 3.47. The summed E-state index contributed by atoms with van der Waals surface area (Å²) in [7, 11) is 0. The largest absolute Gasteiger partial charge is 0.458 e. The van der Waals surface area contributed by atoms with Crippen molar-refractivity contribution >= 4 is 5.91 Å². The van der Waals surface area contributed by atoms with Crippen molar-refractivity contribution in [2.24, 2.45) is 5.73 Å². The Morgan fingerprint density at radius 3 is 2.58 bits per heavy atom. The Morgan fingerprint density at radius 2 is 2.08 bits per heavy atom. The standard InChI is InChI=1S/C8H9NO3/c1-4-3-12-7(8(9)11)5(2)6(4)10/h3H,1-2H3,(H2,9,11). The van der Waals surface area contributed by atoms with Crippen LogP contribution in [0.3, 0.4) is 0 Å². The van der Waals surface area contributed by atoms with Crippen LogP contribution in [0.5, 0.6) is 0 Å². The van der Waals surface area contributed by atoms with Gasteiger partial charge in [0.05, 0.1) is 6.26 Å². The molecule has 0 bridgehead atoms. The van der Waals surface area contributed by atoms with Crippen LogP contribution in [0.1, 0.15) is 21.7 Å². The van der Waals surface area contributed by atoms with Gasteiger partial charge in [-0.1, -0.05) is 0 Å². The van der Waals surface area contributed by atoms with Crippen LogP contribution in [0.25, 0.3) is 0 Å². The smallest absolute Gasteiger partial charge is 0.284 e. The van der Waals surface area contributed by atoms with Crippen LogP contribution in [-0.2, 0) is 0 Å². The molecule has 1 rings (SSSR count). The normalized spacial score (nSPS) is 9.83. The molecule has 0 saturated heterocycles. The molecule has 0 aliphatic carbocycles. The molecule has 0 fully saturated rings. The maximum absolute atomic E-state index is 11.2. The molecule has 2 N–H and O–H groups in total. The Hall–Kier alpha value is -1.58. The van der Waals surface area contributed by atoms with E-state index in [1.807, 2.05) is 0 Å². The fourth-order valence-electron chi connectivity index (χ4n) is 0.931. The molecule has 0 unspecified atom stereocenters. The molecule has 0 aliphatic rings. The molecule has 4 nitrogen and oxygen atoms in total. The predicted octanol–water partition coefficient (Wildman–Crippen LogP) is 0.356. The number of carbonyl (C=O) groups is 1. The summed E-state index contributed by atoms with van der Waals surface area (Å²) in [6, 6.07) is 0. The second kappa shape index (κ2) is 2.81. The van der Waals surface area contributed by atoms with Gasteiger partial charge in [0.2, 0.25) is 0 Å². The minimum atomic E-state index is -0.718. The summed E-state index contributed by atoms with van der Waals surface area (Å²) >= 11 is 0. The molecule has 0 atom stereocenters. The van der Waals surface area contributed by atoms with Gasteiger partial charge in [-0.15, -0.1) is 0 Å². The Kier molecular flexibility index (Phi) is 1.99. The lowest BCUT2D eigenvalue weighted by atomic mass is 10.2. The van der Waals surface area contributed by atoms with Crippen molar-refractivity contribution in [1.82, 2.24) is 0 Å². The lowest BCUT2D eigenvalue weighted by molar-refractivity contribution is 0.0970. The SMILES string of the molecule is Cc1coc(C(N)=O)c(C)c1=O. The first-order valence-electron chi connectivity index (χ1n) is 3.43. The van der Waals surface area contributed by atoms with Gasteiger partial charge in [0.15, 0.2) is 11.2 Å². The van der Waals surface area contributed by atoms with Crippen LogP contribution in [0.2, 0.25) is 0 Å². The molecule has 1 heterocycles. The minimum absolute atomic E-state index is 0.0643. The van der Waals surface area contributed by atoms with Crippen molar-refractivity contribution in [1.29, 1.82) is 0 Å². The summed E-state index contributed by atoms with van der Waals surface area (Å²) in [5.74, 6) is -0.782. The van der Waals surface area contributed by atoms with Gasteiger partial charge in [-0.2, -0.15) is 0 Å². The van der Waals surface area contributed by atoms with E-state index in [4.69, 9.17) is 10.2 Å². The van der Waals surface area contributed by atoms with Gasteiger partial charge >= 0.3 is 0 Å². The number of hydrogen-bond donors (Lipinski definition) is 1. The van der Waals surface area contributed by atoms with Crippen molar-refractivity contribution < 1.29 is 9.21 Å². The van der Waals surface area contributed by atoms with Crippen molar-refractivity contribution in [3.63, 3.8) is 0 Å². The number of hydrogen-bond acceptors (Lipinski definition) is 3. The molecule has 0 radical (unpaired) electrons. The molecule has 1 aromatic rings. The third-order valence-electron chi connectivity index (χ3n) is 1.62. The number of primary amides is 1. The fourth-order valence-corrected chi connectivity index (χ4v) is 0.931. The van der Waals surface area contributed by atoms with E-state index in [1.54, 1.807) is 6.92 Å². The maximum atomic E-state index is 11.2. The molecule has 0 aromatic carbocycles. The van der Waals surface area contributed by atoms with Gasteiger partial charge in [-0.3, -0.25) is 9.59 Å².